The van der Waals surface area contributed by atoms with Gasteiger partial charge in [0.05, 0.1) is 0 Å². The lowest BCUT2D eigenvalue weighted by Gasteiger charge is -2.23. The average molecular weight is 268 g/mol. The van der Waals surface area contributed by atoms with Gasteiger partial charge >= 0.3 is 0 Å². The Balaban J connectivity index is 2.17. The fourth-order valence-corrected chi connectivity index (χ4v) is 2.34. The first kappa shape index (κ1) is 14.6. The van der Waals surface area contributed by atoms with Crippen LogP contribution < -0.4 is 4.74 Å². The summed E-state index contributed by atoms with van der Waals surface area (Å²) < 4.78 is 5.96. The smallest absolute Gasteiger partial charge is 0.120 e. The van der Waals surface area contributed by atoms with E-state index in [-0.39, 0.29) is 5.41 Å². The molecular formula is C19H24O. The molecule has 0 atom stereocenters. The normalized spacial score (nSPS) is 11.4. The molecule has 20 heavy (non-hydrogen) atoms. The Kier molecular flexibility index (Phi) is 4.17. The zero-order valence-electron chi connectivity index (χ0n) is 13.2. The highest BCUT2D eigenvalue weighted by molar-refractivity contribution is 5.35. The highest BCUT2D eigenvalue weighted by Gasteiger charge is 2.17. The first-order chi connectivity index (χ1) is 9.38. The predicted octanol–water partition coefficient (Wildman–Crippen LogP) is 5.18. The predicted molar refractivity (Wildman–Crippen MR) is 85.4 cm³/mol. The van der Waals surface area contributed by atoms with Gasteiger partial charge in [-0.25, -0.2) is 0 Å². The molecule has 0 spiro atoms. The maximum atomic E-state index is 5.96. The number of hydrogen-bond acceptors (Lipinski definition) is 1. The zero-order valence-corrected chi connectivity index (χ0v) is 13.2. The molecule has 0 radical (unpaired) electrons. The van der Waals surface area contributed by atoms with Crippen LogP contribution in [0, 0.1) is 13.8 Å². The molecule has 0 aliphatic heterocycles. The summed E-state index contributed by atoms with van der Waals surface area (Å²) in [4.78, 5) is 0. The fourth-order valence-electron chi connectivity index (χ4n) is 2.34. The standard InChI is InChI=1S/C19H24O/c1-14-10-11-17(12-15(14)2)20-13-16-8-6-7-9-18(16)19(3,4)5/h6-12H,13H2,1-5H3. The van der Waals surface area contributed by atoms with Crippen LogP contribution in [0.15, 0.2) is 42.5 Å². The lowest BCUT2D eigenvalue weighted by molar-refractivity contribution is 0.302. The summed E-state index contributed by atoms with van der Waals surface area (Å²) in [5, 5.41) is 0. The molecule has 106 valence electrons. The van der Waals surface area contributed by atoms with E-state index in [0.717, 1.165) is 5.75 Å². The number of aryl methyl sites for hydroxylation is 2. The highest BCUT2D eigenvalue weighted by atomic mass is 16.5. The molecule has 0 heterocycles. The van der Waals surface area contributed by atoms with E-state index in [2.05, 4.69) is 71.0 Å². The van der Waals surface area contributed by atoms with Crippen molar-refractivity contribution in [3.8, 4) is 5.75 Å². The molecule has 1 nitrogen and oxygen atoms in total. The Morgan fingerprint density at radius 1 is 0.900 bits per heavy atom. The SMILES string of the molecule is Cc1ccc(OCc2ccccc2C(C)(C)C)cc1C. The summed E-state index contributed by atoms with van der Waals surface area (Å²) in [5.74, 6) is 0.941. The molecule has 0 N–H and O–H groups in total. The van der Waals surface area contributed by atoms with Crippen LogP contribution in [0.3, 0.4) is 0 Å². The van der Waals surface area contributed by atoms with Crippen LogP contribution in [-0.4, -0.2) is 0 Å². The zero-order chi connectivity index (χ0) is 14.8. The van der Waals surface area contributed by atoms with Gasteiger partial charge in [-0.1, -0.05) is 51.1 Å². The summed E-state index contributed by atoms with van der Waals surface area (Å²) in [6.45, 7) is 11.6. The molecule has 0 aromatic heterocycles. The van der Waals surface area contributed by atoms with Crippen LogP contribution in [0.25, 0.3) is 0 Å². The molecule has 2 rings (SSSR count). The van der Waals surface area contributed by atoms with E-state index < -0.39 is 0 Å². The maximum absolute atomic E-state index is 5.96. The van der Waals surface area contributed by atoms with Gasteiger partial charge in [0, 0.05) is 0 Å². The van der Waals surface area contributed by atoms with Crippen molar-refractivity contribution in [3.63, 3.8) is 0 Å². The van der Waals surface area contributed by atoms with Gasteiger partial charge < -0.3 is 4.74 Å². The van der Waals surface area contributed by atoms with Gasteiger partial charge in [0.2, 0.25) is 0 Å². The number of rotatable bonds is 3. The number of hydrogen-bond donors (Lipinski definition) is 0. The second-order valence-corrected chi connectivity index (χ2v) is 6.44. The van der Waals surface area contributed by atoms with Crippen molar-refractivity contribution < 1.29 is 4.74 Å². The van der Waals surface area contributed by atoms with Crippen molar-refractivity contribution in [2.75, 3.05) is 0 Å². The summed E-state index contributed by atoms with van der Waals surface area (Å²) >= 11 is 0. The maximum Gasteiger partial charge on any atom is 0.120 e. The van der Waals surface area contributed by atoms with Crippen LogP contribution in [0.1, 0.15) is 43.0 Å². The minimum Gasteiger partial charge on any atom is -0.489 e. The molecular weight excluding hydrogens is 244 g/mol. The summed E-state index contributed by atoms with van der Waals surface area (Å²) in [6.07, 6.45) is 0. The summed E-state index contributed by atoms with van der Waals surface area (Å²) in [6, 6.07) is 14.8. The number of ether oxygens (including phenoxy) is 1. The molecule has 0 bridgehead atoms. The van der Waals surface area contributed by atoms with E-state index in [1.807, 2.05) is 6.07 Å². The highest BCUT2D eigenvalue weighted by Crippen LogP contribution is 2.27. The van der Waals surface area contributed by atoms with Gasteiger partial charge in [-0.3, -0.25) is 0 Å². The Bertz CT molecular complexity index is 591. The van der Waals surface area contributed by atoms with E-state index in [4.69, 9.17) is 4.74 Å². The topological polar surface area (TPSA) is 9.23 Å². The first-order valence-electron chi connectivity index (χ1n) is 7.16. The molecule has 1 heteroatoms. The molecule has 0 saturated heterocycles. The van der Waals surface area contributed by atoms with Crippen LogP contribution in [-0.2, 0) is 12.0 Å². The van der Waals surface area contributed by atoms with E-state index in [1.54, 1.807) is 0 Å². The van der Waals surface area contributed by atoms with Crippen LogP contribution in [0.5, 0.6) is 5.75 Å². The number of benzene rings is 2. The lowest BCUT2D eigenvalue weighted by atomic mass is 9.84. The minimum atomic E-state index is 0.142. The molecule has 0 fully saturated rings. The van der Waals surface area contributed by atoms with Gasteiger partial charge in [0.15, 0.2) is 0 Å². The van der Waals surface area contributed by atoms with Crippen LogP contribution >= 0.6 is 0 Å². The van der Waals surface area contributed by atoms with E-state index >= 15 is 0 Å². The lowest BCUT2D eigenvalue weighted by Crippen LogP contribution is -2.15. The van der Waals surface area contributed by atoms with Crippen molar-refractivity contribution in [2.24, 2.45) is 0 Å². The molecule has 0 aliphatic rings. The van der Waals surface area contributed by atoms with E-state index in [9.17, 15) is 0 Å². The Hall–Kier alpha value is -1.76. The monoisotopic (exact) mass is 268 g/mol. The Labute approximate surface area is 122 Å². The summed E-state index contributed by atoms with van der Waals surface area (Å²) in [7, 11) is 0. The molecule has 0 aliphatic carbocycles. The minimum absolute atomic E-state index is 0.142. The quantitative estimate of drug-likeness (QED) is 0.745. The Morgan fingerprint density at radius 2 is 1.60 bits per heavy atom. The third kappa shape index (κ3) is 3.41. The van der Waals surface area contributed by atoms with E-state index in [1.165, 1.54) is 22.3 Å². The van der Waals surface area contributed by atoms with Crippen molar-refractivity contribution >= 4 is 0 Å². The van der Waals surface area contributed by atoms with Crippen molar-refractivity contribution in [2.45, 2.75) is 46.6 Å². The van der Waals surface area contributed by atoms with Crippen molar-refractivity contribution in [1.29, 1.82) is 0 Å². The third-order valence-electron chi connectivity index (χ3n) is 3.70. The Morgan fingerprint density at radius 3 is 2.25 bits per heavy atom. The van der Waals surface area contributed by atoms with E-state index in [0.29, 0.717) is 6.61 Å². The summed E-state index contributed by atoms with van der Waals surface area (Å²) in [5.41, 5.74) is 5.32. The molecule has 0 unspecified atom stereocenters. The van der Waals surface area contributed by atoms with Crippen LogP contribution in [0.4, 0.5) is 0 Å². The molecule has 0 amide bonds. The largest absolute Gasteiger partial charge is 0.489 e. The van der Waals surface area contributed by atoms with Gasteiger partial charge in [-0.15, -0.1) is 0 Å². The second-order valence-electron chi connectivity index (χ2n) is 6.44. The average Bonchev–Trinajstić information content (AvgIpc) is 2.39. The molecule has 2 aromatic rings. The van der Waals surface area contributed by atoms with Crippen LogP contribution in [0.2, 0.25) is 0 Å². The van der Waals surface area contributed by atoms with Crippen molar-refractivity contribution in [1.82, 2.24) is 0 Å². The van der Waals surface area contributed by atoms with Gasteiger partial charge in [0.1, 0.15) is 12.4 Å². The van der Waals surface area contributed by atoms with Gasteiger partial charge in [0.25, 0.3) is 0 Å². The van der Waals surface area contributed by atoms with Gasteiger partial charge in [-0.2, -0.15) is 0 Å². The van der Waals surface area contributed by atoms with Crippen molar-refractivity contribution in [3.05, 3.63) is 64.7 Å². The molecule has 2 aromatic carbocycles. The fraction of sp³-hybridized carbons (Fsp3) is 0.368. The second kappa shape index (κ2) is 5.70. The first-order valence-corrected chi connectivity index (χ1v) is 7.16. The van der Waals surface area contributed by atoms with Gasteiger partial charge in [-0.05, 0) is 53.6 Å². The third-order valence-corrected chi connectivity index (χ3v) is 3.70. The molecule has 0 saturated carbocycles.